The maximum atomic E-state index is 14.0. The molecule has 4 N–H and O–H groups in total. The molecule has 24 heteroatoms. The number of carbonyl (C=O) groups excluding carboxylic acids is 6. The summed E-state index contributed by atoms with van der Waals surface area (Å²) in [5, 5.41) is 24.1. The van der Waals surface area contributed by atoms with E-state index in [-0.39, 0.29) is 60.2 Å². The van der Waals surface area contributed by atoms with Crippen molar-refractivity contribution >= 4 is 35.8 Å². The molecule has 2 aromatic rings. The van der Waals surface area contributed by atoms with E-state index in [0.29, 0.717) is 35.1 Å². The van der Waals surface area contributed by atoms with Crippen LogP contribution in [-0.2, 0) is 79.6 Å². The van der Waals surface area contributed by atoms with E-state index >= 15 is 0 Å². The van der Waals surface area contributed by atoms with Crippen LogP contribution in [0.3, 0.4) is 0 Å². The molecule has 21 rings (SSSR count). The Kier molecular flexibility index (Phi) is 23.6. The standard InChI is InChI=1S/C52H73N4O9.C43H55N2O9/c1-34-31-35(2)52-41(15-16-42-44(52)45(57)36(3)47(48(42)65-52)64-50(59)39-9-6-7-10-39)32-43(61-5)51(60)63-46(34)37(4)62-49(58)40-13-11-38(12-14-40)33-56-28-25-55(26-29-56,27-30-56)21-8-20-54-22-17-53(18-23-54)19-24-54;1-25-22-26(2)43-32(14-15-33-35(43)36(46)27(3)38(39(33)54-43)53-41(48)30-8-6-7-9-30)23-34(50-5)42(49)52-37(25)28(4)51-40(47)31-12-10-29(11-13-31)24-45-19-16-44(17-20-45)18-21-45/h6-7,9,11-16,31,34,36-37,41-48,57H,8,10,17-30,32-33H2,1-5H3;6-8,10-15,22,25,27-28,32-39,46H,9,16-21,23-24H2,1-5H3/q+3;+1/p+2/b35-31+;26-22+/t34-,36-,37-,41?,42-,43+,44+,45-,46+,47-,48-,52+,55?,56?;25-,27-,28-,32?,33-,34+,35+,36-,37+,38-,39-,43+/m11/s1. The topological polar surface area (TPSA) is 244 Å². The molecule has 11 saturated heterocycles. The van der Waals surface area contributed by atoms with E-state index in [1.165, 1.54) is 172 Å². The van der Waals surface area contributed by atoms with Crippen molar-refractivity contribution in [2.24, 2.45) is 59.2 Å². The second-order valence-corrected chi connectivity index (χ2v) is 39.0. The van der Waals surface area contributed by atoms with Gasteiger partial charge in [-0.2, -0.15) is 0 Å². The number of nitrogens with zero attached hydrogens (tertiary/aromatic N) is 4. The fourth-order valence-electron chi connectivity index (χ4n) is 25.1. The van der Waals surface area contributed by atoms with Gasteiger partial charge in [0.05, 0.1) is 36.4 Å². The van der Waals surface area contributed by atoms with Gasteiger partial charge in [-0.25, -0.2) is 28.8 Å². The molecule has 0 amide bonds. The second kappa shape index (κ2) is 33.4. The molecule has 2 aromatic carbocycles. The molecule has 2 saturated carbocycles. The minimum absolute atomic E-state index is 0.201. The molecule has 0 radical (unpaired) electrons. The monoisotopic (exact) mass is 1640 g/mol. The van der Waals surface area contributed by atoms with Crippen LogP contribution in [0.2, 0.25) is 0 Å². The number of hydrogen-bond donors (Lipinski definition) is 4. The number of rotatable bonds is 20. The fourth-order valence-corrected chi connectivity index (χ4v) is 25.1. The van der Waals surface area contributed by atoms with E-state index in [1.54, 1.807) is 30.9 Å². The van der Waals surface area contributed by atoms with Gasteiger partial charge >= 0.3 is 35.8 Å². The number of hydrogen-bond acceptors (Lipinski definition) is 18. The molecule has 6 aliphatic carbocycles. The van der Waals surface area contributed by atoms with Crippen LogP contribution in [0.1, 0.15) is 119 Å². The summed E-state index contributed by atoms with van der Waals surface area (Å²) in [6, 6.07) is 15.7. The summed E-state index contributed by atoms with van der Waals surface area (Å²) in [4.78, 5) is 85.2. The lowest BCUT2D eigenvalue weighted by atomic mass is 9.57. The SMILES string of the molecule is CO[C@H]1CC2C=C[C@H]3[C@H]4O[C@]2(/C(C)=C/[C@@H](C)[C@@H]([C@@H](C)OC(=O)c2ccc(C[N+]56CC[N+](CCC[N+]78CC[NH+](CC7)CC8)(CC5)CC6)cc2)OC1=O)[C@@H]3[C@H](O)[C@@H](C)[C@H]4OC(=O)C1=CC=CC1.CO[C@H]1CC2C=C[C@H]3[C@H]4O[C@]2(/C(C)=C/[C@@H](C)[C@@H]([C@@H](C)OC(=O)c2ccc(C[N+]56CC[NH+](CC5)CC6)cc2)OC1=O)[C@@H]3[C@H](O)[C@@H](C)[C@H]4OC(=O)C1=CC=CC1. The molecular weight excluding hydrogens is 1510 g/mol. The highest BCUT2D eigenvalue weighted by molar-refractivity contribution is 5.91. The Morgan fingerprint density at radius 1 is 0.504 bits per heavy atom. The molecule has 2 unspecified atom stereocenters. The maximum absolute atomic E-state index is 14.0. The molecule has 2 spiro atoms. The third kappa shape index (κ3) is 15.6. The summed E-state index contributed by atoms with van der Waals surface area (Å²) >= 11 is 0. The third-order valence-corrected chi connectivity index (χ3v) is 32.3. The number of carbonyl (C=O) groups is 6. The number of ether oxygens (including phenoxy) is 10. The fraction of sp³-hybridized carbons (Fsp3) is 0.642. The van der Waals surface area contributed by atoms with Gasteiger partial charge in [0.1, 0.15) is 191 Å². The van der Waals surface area contributed by atoms with Crippen LogP contribution in [0.5, 0.6) is 0 Å². The van der Waals surface area contributed by atoms with Crippen molar-refractivity contribution in [1.82, 2.24) is 0 Å². The number of piperazine rings is 9. The van der Waals surface area contributed by atoms with Gasteiger partial charge in [0.15, 0.2) is 12.2 Å². The molecule has 13 heterocycles. The van der Waals surface area contributed by atoms with E-state index in [1.807, 2.05) is 113 Å². The Labute approximate surface area is 701 Å². The lowest BCUT2D eigenvalue weighted by Gasteiger charge is -2.56. The minimum atomic E-state index is -0.996. The number of benzene rings is 2. The van der Waals surface area contributed by atoms with Crippen LogP contribution in [0.25, 0.3) is 0 Å². The van der Waals surface area contributed by atoms with Crippen molar-refractivity contribution in [3.05, 3.63) is 166 Å². The van der Waals surface area contributed by atoms with Gasteiger partial charge in [-0.15, -0.1) is 0 Å². The first-order valence-corrected chi connectivity index (χ1v) is 44.9. The van der Waals surface area contributed by atoms with Crippen LogP contribution in [-0.4, -0.2) is 294 Å². The van der Waals surface area contributed by atoms with Crippen LogP contribution in [0, 0.1) is 59.2 Å². The molecule has 19 aliphatic rings. The Morgan fingerprint density at radius 2 is 0.866 bits per heavy atom. The van der Waals surface area contributed by atoms with Gasteiger partial charge in [-0.3, -0.25) is 0 Å². The zero-order valence-electron chi connectivity index (χ0n) is 71.6. The van der Waals surface area contributed by atoms with E-state index in [4.69, 9.17) is 47.4 Å². The second-order valence-electron chi connectivity index (χ2n) is 39.0. The zero-order valence-corrected chi connectivity index (χ0v) is 71.6. The van der Waals surface area contributed by atoms with Gasteiger partial charge in [-0.1, -0.05) is 125 Å². The van der Waals surface area contributed by atoms with Crippen LogP contribution >= 0.6 is 0 Å². The number of aliphatic hydroxyl groups is 2. The summed E-state index contributed by atoms with van der Waals surface area (Å²) in [5.41, 5.74) is 4.32. The normalized spacial score (nSPS) is 43.1. The molecule has 14 bridgehead atoms. The summed E-state index contributed by atoms with van der Waals surface area (Å²) in [5.74, 6) is -6.15. The predicted octanol–water partition coefficient (Wildman–Crippen LogP) is 5.53. The number of nitrogens with one attached hydrogen (secondary N) is 2. The first kappa shape index (κ1) is 83.9. The zero-order chi connectivity index (χ0) is 83.2. The predicted molar refractivity (Wildman–Crippen MR) is 440 cm³/mol. The molecule has 13 aliphatic heterocycles. The minimum Gasteiger partial charge on any atom is -0.456 e. The molecule has 642 valence electrons. The van der Waals surface area contributed by atoms with Crippen molar-refractivity contribution in [1.29, 1.82) is 0 Å². The molecule has 13 fully saturated rings. The van der Waals surface area contributed by atoms with E-state index in [2.05, 4.69) is 42.5 Å². The molecule has 24 nitrogen and oxygen atoms in total. The molecule has 119 heavy (non-hydrogen) atoms. The molecular formula is C95H130N6O18+6. The molecule has 0 aromatic heterocycles. The quantitative estimate of drug-likeness (QED) is 0.0551. The van der Waals surface area contributed by atoms with Crippen LogP contribution < -0.4 is 9.80 Å². The summed E-state index contributed by atoms with van der Waals surface area (Å²) < 4.78 is 67.6. The molecule has 24 atom stereocenters. The number of cyclic esters (lactones) is 2. The van der Waals surface area contributed by atoms with E-state index in [9.17, 15) is 39.0 Å². The first-order chi connectivity index (χ1) is 57.2. The van der Waals surface area contributed by atoms with Crippen LogP contribution in [0.15, 0.2) is 144 Å². The lowest BCUT2D eigenvalue weighted by molar-refractivity contribution is -1.09. The largest absolute Gasteiger partial charge is 0.456 e. The number of allylic oxidation sites excluding steroid dienone is 6. The van der Waals surface area contributed by atoms with Crippen molar-refractivity contribution in [2.45, 2.75) is 185 Å². The maximum Gasteiger partial charge on any atom is 0.338 e. The lowest BCUT2D eigenvalue weighted by Crippen LogP contribution is -3.19. The number of fused-ring (bicyclic) bond motifs is 9. The number of methoxy groups -OCH3 is 2. The van der Waals surface area contributed by atoms with Crippen molar-refractivity contribution < 1.29 is 114 Å². The average molecular weight is 1640 g/mol. The van der Waals surface area contributed by atoms with Gasteiger partial charge in [0, 0.05) is 102 Å². The third-order valence-electron chi connectivity index (χ3n) is 32.3. The van der Waals surface area contributed by atoms with Gasteiger partial charge < -0.3 is 85.3 Å². The van der Waals surface area contributed by atoms with Crippen molar-refractivity contribution in [3.8, 4) is 0 Å². The van der Waals surface area contributed by atoms with E-state index < -0.39 is 132 Å². The van der Waals surface area contributed by atoms with E-state index in [0.717, 1.165) is 33.2 Å². The Bertz CT molecular complexity index is 4380. The Morgan fingerprint density at radius 3 is 1.24 bits per heavy atom. The number of quaternary nitrogens is 6. The highest BCUT2D eigenvalue weighted by Gasteiger charge is 2.71. The average Bonchev–Trinajstić information content (AvgIpc) is 1.54. The summed E-state index contributed by atoms with van der Waals surface area (Å²) in [7, 11) is 2.98. The summed E-state index contributed by atoms with van der Waals surface area (Å²) in [6.45, 7) is 43.0. The van der Waals surface area contributed by atoms with Crippen molar-refractivity contribution in [2.75, 3.05) is 145 Å². The van der Waals surface area contributed by atoms with Gasteiger partial charge in [0.25, 0.3) is 0 Å². The smallest absolute Gasteiger partial charge is 0.338 e. The Hall–Kier alpha value is -7.30. The Balaban J connectivity index is 0.000000173. The number of aliphatic hydroxyl groups excluding tert-OH is 2. The first-order valence-electron chi connectivity index (χ1n) is 44.9. The van der Waals surface area contributed by atoms with Crippen LogP contribution in [0.4, 0.5) is 0 Å². The highest BCUT2D eigenvalue weighted by Crippen LogP contribution is 2.63. The highest BCUT2D eigenvalue weighted by atomic mass is 16.6. The van der Waals surface area contributed by atoms with Crippen molar-refractivity contribution in [3.63, 3.8) is 0 Å². The number of esters is 6. The summed E-state index contributed by atoms with van der Waals surface area (Å²) in [6.07, 6.45) is 17.2. The van der Waals surface area contributed by atoms with Gasteiger partial charge in [0.2, 0.25) is 0 Å². The van der Waals surface area contributed by atoms with Gasteiger partial charge in [-0.05, 0) is 88.8 Å².